The Hall–Kier alpha value is -0.870. The number of nitrogens with zero attached hydrogens (tertiary/aromatic N) is 1. The van der Waals surface area contributed by atoms with E-state index >= 15 is 0 Å². The zero-order chi connectivity index (χ0) is 13.1. The van der Waals surface area contributed by atoms with Crippen LogP contribution in [-0.2, 0) is 11.2 Å². The summed E-state index contributed by atoms with van der Waals surface area (Å²) in [6.07, 6.45) is 3.42. The van der Waals surface area contributed by atoms with E-state index in [0.29, 0.717) is 12.0 Å². The molecule has 0 aliphatic heterocycles. The Balaban J connectivity index is 2.18. The first-order valence-corrected chi connectivity index (χ1v) is 7.48. The molecule has 3 nitrogen and oxygen atoms in total. The van der Waals surface area contributed by atoms with E-state index in [1.54, 1.807) is 0 Å². The van der Waals surface area contributed by atoms with E-state index in [9.17, 15) is 4.79 Å². The van der Waals surface area contributed by atoms with Crippen LogP contribution in [0.25, 0.3) is 0 Å². The smallest absolute Gasteiger partial charge is 0.317 e. The highest BCUT2D eigenvalue weighted by Gasteiger charge is 2.28. The van der Waals surface area contributed by atoms with Crippen molar-refractivity contribution < 1.29 is 9.90 Å². The second-order valence-corrected chi connectivity index (χ2v) is 6.42. The molecule has 0 amide bonds. The van der Waals surface area contributed by atoms with E-state index in [-0.39, 0.29) is 6.54 Å². The lowest BCUT2D eigenvalue weighted by Crippen LogP contribution is -2.37. The lowest BCUT2D eigenvalue weighted by Gasteiger charge is -2.34. The van der Waals surface area contributed by atoms with Gasteiger partial charge in [-0.3, -0.25) is 9.69 Å². The summed E-state index contributed by atoms with van der Waals surface area (Å²) in [6, 6.07) is 2.48. The Kier molecular flexibility index (Phi) is 4.40. The molecule has 0 bridgehead atoms. The molecule has 0 saturated heterocycles. The highest BCUT2D eigenvalue weighted by atomic mass is 32.1. The first-order chi connectivity index (χ1) is 8.58. The fourth-order valence-electron chi connectivity index (χ4n) is 2.79. The molecule has 18 heavy (non-hydrogen) atoms. The van der Waals surface area contributed by atoms with Crippen LogP contribution in [0.2, 0.25) is 0 Å². The molecule has 1 heterocycles. The summed E-state index contributed by atoms with van der Waals surface area (Å²) in [5.41, 5.74) is 1.37. The minimum atomic E-state index is -0.724. The van der Waals surface area contributed by atoms with Crippen LogP contribution in [0.3, 0.4) is 0 Å². The number of aliphatic carboxylic acids is 1. The lowest BCUT2D eigenvalue weighted by molar-refractivity contribution is -0.139. The molecule has 0 fully saturated rings. The normalized spacial score (nSPS) is 19.2. The van der Waals surface area contributed by atoms with Crippen molar-refractivity contribution >= 4 is 17.3 Å². The van der Waals surface area contributed by atoms with Gasteiger partial charge >= 0.3 is 5.97 Å². The second kappa shape index (κ2) is 5.85. The number of thiophene rings is 1. The van der Waals surface area contributed by atoms with Crippen LogP contribution >= 0.6 is 11.3 Å². The SMILES string of the molecule is CC(C)CN(CC(=O)O)C1CCCc2sccc21. The molecular formula is C14H21NO2S. The average molecular weight is 267 g/mol. The Morgan fingerprint density at radius 1 is 1.61 bits per heavy atom. The predicted molar refractivity (Wildman–Crippen MR) is 74.0 cm³/mol. The minimum Gasteiger partial charge on any atom is -0.480 e. The van der Waals surface area contributed by atoms with Gasteiger partial charge in [0.05, 0.1) is 6.54 Å². The summed E-state index contributed by atoms with van der Waals surface area (Å²) in [6.45, 7) is 5.29. The summed E-state index contributed by atoms with van der Waals surface area (Å²) in [7, 11) is 0. The number of carbonyl (C=O) groups is 1. The maximum Gasteiger partial charge on any atom is 0.317 e. The molecule has 0 aromatic carbocycles. The van der Waals surface area contributed by atoms with Gasteiger partial charge in [-0.1, -0.05) is 13.8 Å². The van der Waals surface area contributed by atoms with Gasteiger partial charge in [0.15, 0.2) is 0 Å². The van der Waals surface area contributed by atoms with Crippen molar-refractivity contribution in [2.75, 3.05) is 13.1 Å². The van der Waals surface area contributed by atoms with Crippen molar-refractivity contribution in [1.29, 1.82) is 0 Å². The first-order valence-electron chi connectivity index (χ1n) is 6.60. The minimum absolute atomic E-state index is 0.151. The summed E-state index contributed by atoms with van der Waals surface area (Å²) >= 11 is 1.81. The topological polar surface area (TPSA) is 40.5 Å². The Morgan fingerprint density at radius 3 is 3.06 bits per heavy atom. The molecule has 0 saturated carbocycles. The van der Waals surface area contributed by atoms with Gasteiger partial charge in [-0.05, 0) is 42.2 Å². The summed E-state index contributed by atoms with van der Waals surface area (Å²) in [4.78, 5) is 14.6. The molecule has 100 valence electrons. The number of rotatable bonds is 5. The van der Waals surface area contributed by atoms with E-state index in [1.807, 2.05) is 11.3 Å². The molecule has 1 atom stereocenters. The van der Waals surface area contributed by atoms with E-state index in [2.05, 4.69) is 30.2 Å². The van der Waals surface area contributed by atoms with Gasteiger partial charge in [0, 0.05) is 17.5 Å². The largest absolute Gasteiger partial charge is 0.480 e. The van der Waals surface area contributed by atoms with Crippen LogP contribution in [0.1, 0.15) is 43.2 Å². The van der Waals surface area contributed by atoms with Crippen molar-refractivity contribution in [2.45, 2.75) is 39.2 Å². The van der Waals surface area contributed by atoms with Crippen LogP contribution in [-0.4, -0.2) is 29.1 Å². The third kappa shape index (κ3) is 3.12. The fourth-order valence-corrected chi connectivity index (χ4v) is 3.77. The monoisotopic (exact) mass is 267 g/mol. The van der Waals surface area contributed by atoms with Gasteiger partial charge in [0.25, 0.3) is 0 Å². The number of aryl methyl sites for hydroxylation is 1. The molecule has 1 N–H and O–H groups in total. The quantitative estimate of drug-likeness (QED) is 0.891. The average Bonchev–Trinajstić information content (AvgIpc) is 2.74. The van der Waals surface area contributed by atoms with Gasteiger partial charge in [-0.15, -0.1) is 11.3 Å². The van der Waals surface area contributed by atoms with Crippen molar-refractivity contribution in [1.82, 2.24) is 4.90 Å². The van der Waals surface area contributed by atoms with Gasteiger partial charge in [-0.2, -0.15) is 0 Å². The van der Waals surface area contributed by atoms with Crippen LogP contribution in [0.4, 0.5) is 0 Å². The van der Waals surface area contributed by atoms with Crippen molar-refractivity contribution in [2.24, 2.45) is 5.92 Å². The molecule has 4 heteroatoms. The molecular weight excluding hydrogens is 246 g/mol. The maximum absolute atomic E-state index is 11.0. The Morgan fingerprint density at radius 2 is 2.39 bits per heavy atom. The van der Waals surface area contributed by atoms with Crippen LogP contribution < -0.4 is 0 Å². The van der Waals surface area contributed by atoms with Gasteiger partial charge < -0.3 is 5.11 Å². The number of carboxylic acids is 1. The maximum atomic E-state index is 11.0. The van der Waals surface area contributed by atoms with E-state index in [0.717, 1.165) is 19.4 Å². The van der Waals surface area contributed by atoms with Crippen LogP contribution in [0.5, 0.6) is 0 Å². The second-order valence-electron chi connectivity index (χ2n) is 5.42. The van der Waals surface area contributed by atoms with Crippen LogP contribution in [0.15, 0.2) is 11.4 Å². The predicted octanol–water partition coefficient (Wildman–Crippen LogP) is 3.17. The molecule has 1 aliphatic carbocycles. The van der Waals surface area contributed by atoms with Crippen molar-refractivity contribution in [3.8, 4) is 0 Å². The molecule has 0 radical (unpaired) electrons. The van der Waals surface area contributed by atoms with Gasteiger partial charge in [0.1, 0.15) is 0 Å². The van der Waals surface area contributed by atoms with Gasteiger partial charge in [0.2, 0.25) is 0 Å². The highest BCUT2D eigenvalue weighted by molar-refractivity contribution is 7.10. The highest BCUT2D eigenvalue weighted by Crippen LogP contribution is 2.37. The van der Waals surface area contributed by atoms with E-state index in [4.69, 9.17) is 5.11 Å². The molecule has 2 rings (SSSR count). The third-order valence-corrected chi connectivity index (χ3v) is 4.40. The molecule has 1 aromatic rings. The van der Waals surface area contributed by atoms with E-state index < -0.39 is 5.97 Å². The first kappa shape index (κ1) is 13.6. The summed E-state index contributed by atoms with van der Waals surface area (Å²) in [5, 5.41) is 11.2. The van der Waals surface area contributed by atoms with Crippen LogP contribution in [0, 0.1) is 5.92 Å². The lowest BCUT2D eigenvalue weighted by atomic mass is 9.92. The zero-order valence-electron chi connectivity index (χ0n) is 11.1. The number of fused-ring (bicyclic) bond motifs is 1. The third-order valence-electron chi connectivity index (χ3n) is 3.40. The summed E-state index contributed by atoms with van der Waals surface area (Å²) < 4.78 is 0. The molecule has 0 spiro atoms. The number of hydrogen-bond donors (Lipinski definition) is 1. The fraction of sp³-hybridized carbons (Fsp3) is 0.643. The summed E-state index contributed by atoms with van der Waals surface area (Å²) in [5.74, 6) is -0.230. The molecule has 1 aliphatic rings. The number of hydrogen-bond acceptors (Lipinski definition) is 3. The molecule has 1 aromatic heterocycles. The van der Waals surface area contributed by atoms with E-state index in [1.165, 1.54) is 16.9 Å². The van der Waals surface area contributed by atoms with Crippen molar-refractivity contribution in [3.05, 3.63) is 21.9 Å². The number of carboxylic acid groups (broad SMARTS) is 1. The molecule has 1 unspecified atom stereocenters. The van der Waals surface area contributed by atoms with Gasteiger partial charge in [-0.25, -0.2) is 0 Å². The van der Waals surface area contributed by atoms with Crippen molar-refractivity contribution in [3.63, 3.8) is 0 Å². The standard InChI is InChI=1S/C14H21NO2S/c1-10(2)8-15(9-14(16)17)12-4-3-5-13-11(12)6-7-18-13/h6-7,10,12H,3-5,8-9H2,1-2H3,(H,16,17). The Bertz CT molecular complexity index is 414. The zero-order valence-corrected chi connectivity index (χ0v) is 11.9. The Labute approximate surface area is 112 Å².